The van der Waals surface area contributed by atoms with E-state index in [9.17, 15) is 5.11 Å². The number of ether oxygens (including phenoxy) is 1. The summed E-state index contributed by atoms with van der Waals surface area (Å²) < 4.78 is 5.37. The highest BCUT2D eigenvalue weighted by Gasteiger charge is 2.31. The quantitative estimate of drug-likeness (QED) is 0.869. The summed E-state index contributed by atoms with van der Waals surface area (Å²) in [4.78, 5) is 5.24. The molecular formula is C20H32N2O2. The fraction of sp³-hybridized carbons (Fsp3) is 0.700. The van der Waals surface area contributed by atoms with Gasteiger partial charge >= 0.3 is 0 Å². The van der Waals surface area contributed by atoms with Crippen LogP contribution in [0.2, 0.25) is 0 Å². The van der Waals surface area contributed by atoms with Crippen molar-refractivity contribution in [2.45, 2.75) is 57.7 Å². The number of hydrogen-bond acceptors (Lipinski definition) is 4. The standard InChI is InChI=1S/C20H32N2O2/c1-16-13-17(7-8-20(16)24-2)14-21-10-11-22(15-19(21)9-12-23)18-5-3-4-6-18/h7-8,13,18-19,23H,3-6,9-12,14-15H2,1-2H3/t19-/m0/s1. The molecule has 4 heteroatoms. The lowest BCUT2D eigenvalue weighted by atomic mass is 10.0. The van der Waals surface area contributed by atoms with Gasteiger partial charge in [0, 0.05) is 44.9 Å². The first-order chi connectivity index (χ1) is 11.7. The van der Waals surface area contributed by atoms with Gasteiger partial charge in [0.05, 0.1) is 7.11 Å². The van der Waals surface area contributed by atoms with Crippen molar-refractivity contribution >= 4 is 0 Å². The van der Waals surface area contributed by atoms with Gasteiger partial charge in [-0.25, -0.2) is 0 Å². The summed E-state index contributed by atoms with van der Waals surface area (Å²) in [6, 6.07) is 7.73. The molecule has 1 aromatic carbocycles. The molecule has 0 unspecified atom stereocenters. The van der Waals surface area contributed by atoms with Crippen LogP contribution in [0.25, 0.3) is 0 Å². The van der Waals surface area contributed by atoms with Crippen LogP contribution in [0.15, 0.2) is 18.2 Å². The second-order valence-electron chi connectivity index (χ2n) is 7.37. The highest BCUT2D eigenvalue weighted by Crippen LogP contribution is 2.27. The minimum atomic E-state index is 0.279. The van der Waals surface area contributed by atoms with E-state index in [-0.39, 0.29) is 6.61 Å². The van der Waals surface area contributed by atoms with Gasteiger partial charge in [0.25, 0.3) is 0 Å². The summed E-state index contributed by atoms with van der Waals surface area (Å²) in [5.74, 6) is 0.955. The van der Waals surface area contributed by atoms with Crippen LogP contribution >= 0.6 is 0 Å². The van der Waals surface area contributed by atoms with Gasteiger partial charge in [-0.05, 0) is 43.4 Å². The van der Waals surface area contributed by atoms with E-state index in [0.717, 1.165) is 37.8 Å². The van der Waals surface area contributed by atoms with Gasteiger partial charge in [0.2, 0.25) is 0 Å². The van der Waals surface area contributed by atoms with E-state index in [1.807, 2.05) is 0 Å². The molecule has 1 saturated heterocycles. The zero-order chi connectivity index (χ0) is 16.9. The first-order valence-electron chi connectivity index (χ1n) is 9.43. The van der Waals surface area contributed by atoms with Gasteiger partial charge < -0.3 is 9.84 Å². The van der Waals surface area contributed by atoms with Gasteiger partial charge in [0.15, 0.2) is 0 Å². The summed E-state index contributed by atoms with van der Waals surface area (Å²) in [5.41, 5.74) is 2.53. The van der Waals surface area contributed by atoms with Crippen LogP contribution < -0.4 is 4.74 Å². The molecule has 1 atom stereocenters. The van der Waals surface area contributed by atoms with E-state index in [0.29, 0.717) is 6.04 Å². The zero-order valence-corrected chi connectivity index (χ0v) is 15.2. The van der Waals surface area contributed by atoms with Crippen molar-refractivity contribution in [1.82, 2.24) is 9.80 Å². The highest BCUT2D eigenvalue weighted by molar-refractivity contribution is 5.36. The normalized spacial score (nSPS) is 23.7. The van der Waals surface area contributed by atoms with Gasteiger partial charge in [-0.1, -0.05) is 25.0 Å². The average molecular weight is 332 g/mol. The number of aliphatic hydroxyl groups is 1. The van der Waals surface area contributed by atoms with E-state index in [2.05, 4.69) is 34.9 Å². The number of rotatable bonds is 6. The molecule has 0 radical (unpaired) electrons. The van der Waals surface area contributed by atoms with Crippen molar-refractivity contribution < 1.29 is 9.84 Å². The Morgan fingerprint density at radius 2 is 2.00 bits per heavy atom. The van der Waals surface area contributed by atoms with Crippen LogP contribution in [0.1, 0.15) is 43.2 Å². The first kappa shape index (κ1) is 17.7. The third-order valence-corrected chi connectivity index (χ3v) is 5.78. The van der Waals surface area contributed by atoms with Crippen LogP contribution in [0, 0.1) is 6.92 Å². The molecule has 0 amide bonds. The molecule has 1 aromatic rings. The Labute approximate surface area is 146 Å². The molecule has 1 N–H and O–H groups in total. The molecule has 0 spiro atoms. The summed E-state index contributed by atoms with van der Waals surface area (Å²) in [5, 5.41) is 9.50. The number of methoxy groups -OCH3 is 1. The third kappa shape index (κ3) is 4.11. The monoisotopic (exact) mass is 332 g/mol. The van der Waals surface area contributed by atoms with Crippen molar-refractivity contribution in [2.75, 3.05) is 33.4 Å². The van der Waals surface area contributed by atoms with Crippen molar-refractivity contribution in [3.05, 3.63) is 29.3 Å². The van der Waals surface area contributed by atoms with Crippen LogP contribution in [0.5, 0.6) is 5.75 Å². The van der Waals surface area contributed by atoms with E-state index < -0.39 is 0 Å². The molecule has 24 heavy (non-hydrogen) atoms. The largest absolute Gasteiger partial charge is 0.496 e. The molecule has 3 rings (SSSR count). The molecule has 134 valence electrons. The summed E-state index contributed by atoms with van der Waals surface area (Å²) in [6.07, 6.45) is 6.38. The fourth-order valence-corrected chi connectivity index (χ4v) is 4.42. The second-order valence-corrected chi connectivity index (χ2v) is 7.37. The molecule has 1 heterocycles. The predicted octanol–water partition coefficient (Wildman–Crippen LogP) is 2.81. The fourth-order valence-electron chi connectivity index (χ4n) is 4.42. The van der Waals surface area contributed by atoms with E-state index >= 15 is 0 Å². The average Bonchev–Trinajstić information content (AvgIpc) is 3.11. The molecule has 1 aliphatic heterocycles. The topological polar surface area (TPSA) is 35.9 Å². The number of piperazine rings is 1. The number of nitrogens with zero attached hydrogens (tertiary/aromatic N) is 2. The van der Waals surface area contributed by atoms with Crippen molar-refractivity contribution in [1.29, 1.82) is 0 Å². The summed E-state index contributed by atoms with van der Waals surface area (Å²) in [6.45, 7) is 6.73. The number of aryl methyl sites for hydroxylation is 1. The maximum absolute atomic E-state index is 9.50. The van der Waals surface area contributed by atoms with Gasteiger partial charge in [-0.2, -0.15) is 0 Å². The Kier molecular flexibility index (Phi) is 6.14. The lowest BCUT2D eigenvalue weighted by Crippen LogP contribution is -2.55. The number of aliphatic hydroxyl groups excluding tert-OH is 1. The van der Waals surface area contributed by atoms with Crippen molar-refractivity contribution in [3.63, 3.8) is 0 Å². The molecule has 4 nitrogen and oxygen atoms in total. The molecule has 1 saturated carbocycles. The Morgan fingerprint density at radius 3 is 2.67 bits per heavy atom. The number of benzene rings is 1. The smallest absolute Gasteiger partial charge is 0.121 e. The van der Waals surface area contributed by atoms with Crippen molar-refractivity contribution in [2.24, 2.45) is 0 Å². The minimum absolute atomic E-state index is 0.279. The molecule has 0 bridgehead atoms. The second kappa shape index (κ2) is 8.32. The lowest BCUT2D eigenvalue weighted by Gasteiger charge is -2.44. The van der Waals surface area contributed by atoms with Gasteiger partial charge in [-0.3, -0.25) is 9.80 Å². The Bertz CT molecular complexity index is 528. The van der Waals surface area contributed by atoms with Crippen LogP contribution in [0.3, 0.4) is 0 Å². The summed E-state index contributed by atoms with van der Waals surface area (Å²) >= 11 is 0. The maximum Gasteiger partial charge on any atom is 0.121 e. The molecular weight excluding hydrogens is 300 g/mol. The van der Waals surface area contributed by atoms with Crippen LogP contribution in [-0.2, 0) is 6.54 Å². The maximum atomic E-state index is 9.50. The SMILES string of the molecule is COc1ccc(CN2CCN(C3CCCC3)C[C@@H]2CCO)cc1C. The molecule has 1 aliphatic carbocycles. The van der Waals surface area contributed by atoms with E-state index in [1.165, 1.54) is 43.4 Å². The van der Waals surface area contributed by atoms with Crippen LogP contribution in [0.4, 0.5) is 0 Å². The molecule has 0 aromatic heterocycles. The third-order valence-electron chi connectivity index (χ3n) is 5.78. The van der Waals surface area contributed by atoms with E-state index in [1.54, 1.807) is 7.11 Å². The first-order valence-corrected chi connectivity index (χ1v) is 9.43. The highest BCUT2D eigenvalue weighted by atomic mass is 16.5. The molecule has 2 fully saturated rings. The predicted molar refractivity (Wildman–Crippen MR) is 97.5 cm³/mol. The minimum Gasteiger partial charge on any atom is -0.496 e. The molecule has 2 aliphatic rings. The van der Waals surface area contributed by atoms with E-state index in [4.69, 9.17) is 4.74 Å². The lowest BCUT2D eigenvalue weighted by molar-refractivity contribution is 0.0326. The Hall–Kier alpha value is -1.10. The summed E-state index contributed by atoms with van der Waals surface area (Å²) in [7, 11) is 1.72. The van der Waals surface area contributed by atoms with Gasteiger partial charge in [-0.15, -0.1) is 0 Å². The van der Waals surface area contributed by atoms with Crippen molar-refractivity contribution in [3.8, 4) is 5.75 Å². The van der Waals surface area contributed by atoms with Gasteiger partial charge in [0.1, 0.15) is 5.75 Å². The number of hydrogen-bond donors (Lipinski definition) is 1. The van der Waals surface area contributed by atoms with Crippen LogP contribution in [-0.4, -0.2) is 60.3 Å². The zero-order valence-electron chi connectivity index (χ0n) is 15.2. The Morgan fingerprint density at radius 1 is 1.21 bits per heavy atom. The Balaban J connectivity index is 1.64.